The highest BCUT2D eigenvalue weighted by Crippen LogP contribution is 2.51. The summed E-state index contributed by atoms with van der Waals surface area (Å²) >= 11 is 0. The molecule has 11 rings (SSSR count). The van der Waals surface area contributed by atoms with Gasteiger partial charge >= 0.3 is 0 Å². The number of para-hydroxylation sites is 1. The fourth-order valence-electron chi connectivity index (χ4n) is 9.10. The van der Waals surface area contributed by atoms with E-state index < -0.39 is 0 Å². The third-order valence-corrected chi connectivity index (χ3v) is 11.6. The predicted octanol–water partition coefficient (Wildman–Crippen LogP) is 14.4. The number of rotatable bonds is 3. The van der Waals surface area contributed by atoms with E-state index in [1.165, 1.54) is 88.0 Å². The van der Waals surface area contributed by atoms with Gasteiger partial charge in [0.2, 0.25) is 0 Å². The van der Waals surface area contributed by atoms with Gasteiger partial charge in [0.05, 0.1) is 0 Å². The predicted molar refractivity (Wildman–Crippen MR) is 220 cm³/mol. The standard InChI is InChI=1S/C51H34O/c1-51(2)45-24-22-34(28-42(45)43-27-32-12-3-4-13-33(32)30-46(43)51)31-14-11-15-35(26-31)49-38-17-5-7-19-40(38)50(41-20-8-6-18-39(41)49)36-23-25-48-44(29-36)37-16-9-10-21-47(37)52-48/h3-30H,1-2H3. The minimum absolute atomic E-state index is 0.0517. The molecule has 0 N–H and O–H groups in total. The Labute approximate surface area is 302 Å². The molecule has 9 aromatic carbocycles. The fraction of sp³-hybridized carbons (Fsp3) is 0.0588. The lowest BCUT2D eigenvalue weighted by atomic mass is 9.81. The van der Waals surface area contributed by atoms with Crippen LogP contribution in [0.25, 0.3) is 98.8 Å². The average molecular weight is 663 g/mol. The van der Waals surface area contributed by atoms with E-state index in [1.807, 2.05) is 12.1 Å². The Bertz CT molecular complexity index is 3040. The molecule has 0 unspecified atom stereocenters. The van der Waals surface area contributed by atoms with Gasteiger partial charge < -0.3 is 4.42 Å². The van der Waals surface area contributed by atoms with Crippen molar-refractivity contribution >= 4 is 54.3 Å². The van der Waals surface area contributed by atoms with Crippen LogP contribution in [-0.4, -0.2) is 0 Å². The van der Waals surface area contributed by atoms with Crippen molar-refractivity contribution in [3.63, 3.8) is 0 Å². The molecule has 1 heterocycles. The summed E-state index contributed by atoms with van der Waals surface area (Å²) in [5.41, 5.74) is 14.7. The largest absolute Gasteiger partial charge is 0.456 e. The Hall–Kier alpha value is -6.44. The van der Waals surface area contributed by atoms with E-state index >= 15 is 0 Å². The quantitative estimate of drug-likeness (QED) is 0.172. The van der Waals surface area contributed by atoms with E-state index in [0.29, 0.717) is 0 Å². The Balaban J connectivity index is 1.10. The van der Waals surface area contributed by atoms with Gasteiger partial charge in [-0.3, -0.25) is 0 Å². The Kier molecular flexibility index (Phi) is 6.08. The normalized spacial score (nSPS) is 13.3. The second-order valence-electron chi connectivity index (χ2n) is 14.9. The van der Waals surface area contributed by atoms with Crippen molar-refractivity contribution in [2.45, 2.75) is 19.3 Å². The zero-order valence-corrected chi connectivity index (χ0v) is 29.1. The molecule has 1 aromatic heterocycles. The van der Waals surface area contributed by atoms with E-state index in [2.05, 4.69) is 172 Å². The van der Waals surface area contributed by atoms with Crippen molar-refractivity contribution in [3.8, 4) is 44.5 Å². The van der Waals surface area contributed by atoms with E-state index in [-0.39, 0.29) is 5.41 Å². The highest BCUT2D eigenvalue weighted by molar-refractivity contribution is 6.22. The van der Waals surface area contributed by atoms with Gasteiger partial charge in [-0.05, 0) is 130 Å². The molecule has 1 aliphatic carbocycles. The zero-order valence-electron chi connectivity index (χ0n) is 29.1. The van der Waals surface area contributed by atoms with Crippen molar-refractivity contribution in [2.75, 3.05) is 0 Å². The maximum absolute atomic E-state index is 6.21. The molecular weight excluding hydrogens is 629 g/mol. The smallest absolute Gasteiger partial charge is 0.135 e. The molecule has 1 aliphatic rings. The van der Waals surface area contributed by atoms with Crippen molar-refractivity contribution in [2.24, 2.45) is 0 Å². The number of fused-ring (bicyclic) bond motifs is 9. The van der Waals surface area contributed by atoms with Crippen LogP contribution in [0.2, 0.25) is 0 Å². The van der Waals surface area contributed by atoms with Gasteiger partial charge in [0, 0.05) is 16.2 Å². The highest BCUT2D eigenvalue weighted by Gasteiger charge is 2.35. The van der Waals surface area contributed by atoms with E-state index in [9.17, 15) is 0 Å². The molecule has 0 atom stereocenters. The van der Waals surface area contributed by atoms with Crippen LogP contribution in [0.1, 0.15) is 25.0 Å². The van der Waals surface area contributed by atoms with Crippen LogP contribution in [0.3, 0.4) is 0 Å². The van der Waals surface area contributed by atoms with Gasteiger partial charge in [-0.25, -0.2) is 0 Å². The first-order chi connectivity index (χ1) is 25.5. The molecule has 0 radical (unpaired) electrons. The number of hydrogen-bond donors (Lipinski definition) is 0. The van der Waals surface area contributed by atoms with Crippen LogP contribution in [0.15, 0.2) is 174 Å². The van der Waals surface area contributed by atoms with E-state index in [0.717, 1.165) is 21.9 Å². The zero-order chi connectivity index (χ0) is 34.6. The van der Waals surface area contributed by atoms with Crippen LogP contribution in [0.4, 0.5) is 0 Å². The number of furan rings is 1. The molecule has 0 amide bonds. The van der Waals surface area contributed by atoms with Crippen LogP contribution in [0, 0.1) is 0 Å². The highest BCUT2D eigenvalue weighted by atomic mass is 16.3. The number of benzene rings is 9. The minimum atomic E-state index is -0.0517. The molecule has 1 nitrogen and oxygen atoms in total. The third-order valence-electron chi connectivity index (χ3n) is 11.6. The van der Waals surface area contributed by atoms with Gasteiger partial charge in [0.1, 0.15) is 11.2 Å². The van der Waals surface area contributed by atoms with Crippen LogP contribution >= 0.6 is 0 Å². The van der Waals surface area contributed by atoms with Gasteiger partial charge in [-0.15, -0.1) is 0 Å². The van der Waals surface area contributed by atoms with Crippen molar-refractivity contribution in [1.82, 2.24) is 0 Å². The molecule has 1 heteroatoms. The Morgan fingerprint density at radius 1 is 0.346 bits per heavy atom. The summed E-state index contributed by atoms with van der Waals surface area (Å²) in [4.78, 5) is 0. The van der Waals surface area contributed by atoms with Gasteiger partial charge in [-0.2, -0.15) is 0 Å². The van der Waals surface area contributed by atoms with Gasteiger partial charge in [0.25, 0.3) is 0 Å². The van der Waals surface area contributed by atoms with Crippen LogP contribution in [-0.2, 0) is 5.41 Å². The Morgan fingerprint density at radius 2 is 0.865 bits per heavy atom. The topological polar surface area (TPSA) is 13.1 Å². The lowest BCUT2D eigenvalue weighted by Gasteiger charge is -2.22. The second kappa shape index (κ2) is 10.8. The summed E-state index contributed by atoms with van der Waals surface area (Å²) in [6.07, 6.45) is 0. The molecule has 0 bridgehead atoms. The summed E-state index contributed by atoms with van der Waals surface area (Å²) in [6.45, 7) is 4.73. The maximum Gasteiger partial charge on any atom is 0.135 e. The molecular formula is C51H34O. The lowest BCUT2D eigenvalue weighted by Crippen LogP contribution is -2.14. The summed E-state index contributed by atoms with van der Waals surface area (Å²) in [5, 5.41) is 9.88. The molecule has 0 saturated carbocycles. The third kappa shape index (κ3) is 4.17. The lowest BCUT2D eigenvalue weighted by molar-refractivity contribution is 0.661. The number of hydrogen-bond acceptors (Lipinski definition) is 1. The molecule has 0 fully saturated rings. The maximum atomic E-state index is 6.21. The van der Waals surface area contributed by atoms with E-state index in [4.69, 9.17) is 4.42 Å². The summed E-state index contributed by atoms with van der Waals surface area (Å²) < 4.78 is 6.21. The monoisotopic (exact) mass is 662 g/mol. The Morgan fingerprint density at radius 3 is 1.58 bits per heavy atom. The fourth-order valence-corrected chi connectivity index (χ4v) is 9.10. The summed E-state index contributed by atoms with van der Waals surface area (Å²) in [6, 6.07) is 62.6. The minimum Gasteiger partial charge on any atom is -0.456 e. The van der Waals surface area contributed by atoms with Crippen molar-refractivity contribution in [1.29, 1.82) is 0 Å². The molecule has 244 valence electrons. The SMILES string of the molecule is CC1(C)c2ccc(-c3cccc(-c4c5ccccc5c(-c5ccc6oc7ccccc7c6c5)c5ccccc45)c3)cc2-c2cc3ccccc3cc21. The van der Waals surface area contributed by atoms with E-state index in [1.54, 1.807) is 0 Å². The molecule has 0 aliphatic heterocycles. The van der Waals surface area contributed by atoms with Crippen LogP contribution < -0.4 is 0 Å². The van der Waals surface area contributed by atoms with Crippen molar-refractivity contribution in [3.05, 3.63) is 181 Å². The van der Waals surface area contributed by atoms with Crippen molar-refractivity contribution < 1.29 is 4.42 Å². The van der Waals surface area contributed by atoms with Crippen LogP contribution in [0.5, 0.6) is 0 Å². The average Bonchev–Trinajstić information content (AvgIpc) is 3.67. The van der Waals surface area contributed by atoms with Gasteiger partial charge in [0.15, 0.2) is 0 Å². The first-order valence-corrected chi connectivity index (χ1v) is 18.2. The first-order valence-electron chi connectivity index (χ1n) is 18.2. The molecule has 52 heavy (non-hydrogen) atoms. The molecule has 0 spiro atoms. The molecule has 0 saturated heterocycles. The summed E-state index contributed by atoms with van der Waals surface area (Å²) in [5.74, 6) is 0. The summed E-state index contributed by atoms with van der Waals surface area (Å²) in [7, 11) is 0. The molecule has 10 aromatic rings. The first kappa shape index (κ1) is 29.3. The second-order valence-corrected chi connectivity index (χ2v) is 14.9. The van der Waals surface area contributed by atoms with Gasteiger partial charge in [-0.1, -0.05) is 141 Å².